The molecule has 1 aromatic carbocycles. The summed E-state index contributed by atoms with van der Waals surface area (Å²) in [5, 5.41) is 13.2. The Hall–Kier alpha value is -1.61. The Morgan fingerprint density at radius 3 is 2.61 bits per heavy atom. The highest BCUT2D eigenvalue weighted by atomic mass is 16.3. The van der Waals surface area contributed by atoms with Crippen molar-refractivity contribution in [2.75, 3.05) is 6.54 Å². The van der Waals surface area contributed by atoms with Crippen molar-refractivity contribution >= 4 is 5.91 Å². The summed E-state index contributed by atoms with van der Waals surface area (Å²) in [5.74, 6) is 0.247. The first kappa shape index (κ1) is 17.7. The molecule has 126 valence electrons. The van der Waals surface area contributed by atoms with Crippen LogP contribution < -0.4 is 5.32 Å². The summed E-state index contributed by atoms with van der Waals surface area (Å²) in [6.07, 6.45) is 2.35. The van der Waals surface area contributed by atoms with Gasteiger partial charge in [0.1, 0.15) is 0 Å². The molecular weight excluding hydrogens is 286 g/mol. The van der Waals surface area contributed by atoms with Gasteiger partial charge in [0.2, 0.25) is 5.91 Å². The highest BCUT2D eigenvalue weighted by molar-refractivity contribution is 5.79. The average molecular weight is 315 g/mol. The van der Waals surface area contributed by atoms with Gasteiger partial charge in [-0.15, -0.1) is 0 Å². The number of aliphatic hydroxyl groups is 1. The fourth-order valence-electron chi connectivity index (χ4n) is 3.57. The smallest absolute Gasteiger partial charge is 0.223 e. The lowest BCUT2D eigenvalue weighted by atomic mass is 9.65. The summed E-state index contributed by atoms with van der Waals surface area (Å²) < 4.78 is 0. The molecule has 0 aliphatic heterocycles. The minimum absolute atomic E-state index is 0.0424. The fraction of sp³-hybridized carbons (Fsp3) is 0.550. The number of hydrogen-bond donors (Lipinski definition) is 2. The standard InChI is InChI=1S/C20H29NO2/c1-14(2)16-10-11-20(3,4)12-17(16)19(23)21-13-18(22)15-8-6-5-7-9-15/h5-9,16-18,22H,1,10-13H2,2-4H3,(H,21,23). The van der Waals surface area contributed by atoms with E-state index in [1.54, 1.807) is 0 Å². The second kappa shape index (κ2) is 7.31. The second-order valence-corrected chi connectivity index (χ2v) is 7.64. The van der Waals surface area contributed by atoms with Gasteiger partial charge in [-0.1, -0.05) is 56.3 Å². The quantitative estimate of drug-likeness (QED) is 0.811. The number of amides is 1. The molecule has 3 heteroatoms. The Kier molecular flexibility index (Phi) is 5.64. The van der Waals surface area contributed by atoms with Crippen molar-refractivity contribution < 1.29 is 9.90 Å². The van der Waals surface area contributed by atoms with E-state index in [1.807, 2.05) is 37.3 Å². The largest absolute Gasteiger partial charge is 0.387 e. The van der Waals surface area contributed by atoms with Crippen molar-refractivity contribution in [2.24, 2.45) is 17.3 Å². The Balaban J connectivity index is 1.98. The van der Waals surface area contributed by atoms with Crippen LogP contribution in [0.1, 0.15) is 51.7 Å². The summed E-state index contributed by atoms with van der Waals surface area (Å²) >= 11 is 0. The summed E-state index contributed by atoms with van der Waals surface area (Å²) in [6, 6.07) is 9.44. The van der Waals surface area contributed by atoms with E-state index in [4.69, 9.17) is 0 Å². The first-order valence-corrected chi connectivity index (χ1v) is 8.46. The van der Waals surface area contributed by atoms with Gasteiger partial charge in [0.25, 0.3) is 0 Å². The van der Waals surface area contributed by atoms with Crippen LogP contribution in [0.2, 0.25) is 0 Å². The number of benzene rings is 1. The third kappa shape index (κ3) is 4.68. The lowest BCUT2D eigenvalue weighted by molar-refractivity contribution is -0.129. The first-order valence-electron chi connectivity index (χ1n) is 8.46. The lowest BCUT2D eigenvalue weighted by Gasteiger charge is -2.40. The molecule has 2 rings (SSSR count). The molecule has 1 aromatic rings. The van der Waals surface area contributed by atoms with Gasteiger partial charge >= 0.3 is 0 Å². The highest BCUT2D eigenvalue weighted by Crippen LogP contribution is 2.44. The molecule has 3 unspecified atom stereocenters. The Bertz CT molecular complexity index is 550. The number of nitrogens with one attached hydrogen (secondary N) is 1. The number of carbonyl (C=O) groups excluding carboxylic acids is 1. The third-order valence-electron chi connectivity index (χ3n) is 5.01. The summed E-state index contributed by atoms with van der Waals surface area (Å²) in [4.78, 5) is 12.7. The van der Waals surface area contributed by atoms with Crippen LogP contribution in [0.15, 0.2) is 42.5 Å². The molecule has 0 saturated heterocycles. The molecule has 1 saturated carbocycles. The van der Waals surface area contributed by atoms with Crippen molar-refractivity contribution in [3.8, 4) is 0 Å². The van der Waals surface area contributed by atoms with E-state index in [2.05, 4.69) is 25.7 Å². The van der Waals surface area contributed by atoms with E-state index < -0.39 is 6.10 Å². The van der Waals surface area contributed by atoms with Crippen LogP contribution in [0.4, 0.5) is 0 Å². The zero-order chi connectivity index (χ0) is 17.0. The van der Waals surface area contributed by atoms with E-state index in [0.29, 0.717) is 0 Å². The van der Waals surface area contributed by atoms with Crippen LogP contribution >= 0.6 is 0 Å². The molecule has 3 atom stereocenters. The Labute approximate surface area is 139 Å². The van der Waals surface area contributed by atoms with E-state index in [0.717, 1.165) is 30.4 Å². The maximum Gasteiger partial charge on any atom is 0.223 e. The average Bonchev–Trinajstić information content (AvgIpc) is 2.51. The van der Waals surface area contributed by atoms with E-state index in [1.165, 1.54) is 0 Å². The number of hydrogen-bond acceptors (Lipinski definition) is 2. The van der Waals surface area contributed by atoms with Gasteiger partial charge in [0.05, 0.1) is 6.10 Å². The zero-order valence-corrected chi connectivity index (χ0v) is 14.5. The SMILES string of the molecule is C=C(C)C1CCC(C)(C)CC1C(=O)NCC(O)c1ccccc1. The number of rotatable bonds is 5. The van der Waals surface area contributed by atoms with Gasteiger partial charge in [-0.25, -0.2) is 0 Å². The van der Waals surface area contributed by atoms with Crippen LogP contribution in [-0.2, 0) is 4.79 Å². The summed E-state index contributed by atoms with van der Waals surface area (Å²) in [5.41, 5.74) is 2.10. The normalized spacial score (nSPS) is 24.7. The van der Waals surface area contributed by atoms with Crippen molar-refractivity contribution in [2.45, 2.75) is 46.1 Å². The summed E-state index contributed by atoms with van der Waals surface area (Å²) in [7, 11) is 0. The molecule has 0 aromatic heterocycles. The topological polar surface area (TPSA) is 49.3 Å². The van der Waals surface area contributed by atoms with Crippen molar-refractivity contribution in [3.05, 3.63) is 48.0 Å². The molecular formula is C20H29NO2. The molecule has 1 aliphatic carbocycles. The number of aliphatic hydroxyl groups excluding tert-OH is 1. The molecule has 0 spiro atoms. The van der Waals surface area contributed by atoms with Crippen LogP contribution in [0.5, 0.6) is 0 Å². The predicted octanol–water partition coefficient (Wildman–Crippen LogP) is 3.85. The van der Waals surface area contributed by atoms with E-state index in [9.17, 15) is 9.90 Å². The number of allylic oxidation sites excluding steroid dienone is 1. The third-order valence-corrected chi connectivity index (χ3v) is 5.01. The minimum atomic E-state index is -0.667. The van der Waals surface area contributed by atoms with Crippen LogP contribution in [-0.4, -0.2) is 17.6 Å². The van der Waals surface area contributed by atoms with Gasteiger partial charge in [-0.3, -0.25) is 4.79 Å². The predicted molar refractivity (Wildman–Crippen MR) is 93.8 cm³/mol. The Morgan fingerprint density at radius 1 is 1.35 bits per heavy atom. The van der Waals surface area contributed by atoms with Crippen molar-refractivity contribution in [1.82, 2.24) is 5.32 Å². The molecule has 0 radical (unpaired) electrons. The van der Waals surface area contributed by atoms with Crippen molar-refractivity contribution in [1.29, 1.82) is 0 Å². The maximum absolute atomic E-state index is 12.7. The molecule has 0 heterocycles. The van der Waals surface area contributed by atoms with E-state index in [-0.39, 0.29) is 29.7 Å². The molecule has 2 N–H and O–H groups in total. The molecule has 0 bridgehead atoms. The monoisotopic (exact) mass is 315 g/mol. The fourth-order valence-corrected chi connectivity index (χ4v) is 3.57. The number of carbonyl (C=O) groups is 1. The lowest BCUT2D eigenvalue weighted by Crippen LogP contribution is -2.42. The molecule has 23 heavy (non-hydrogen) atoms. The Morgan fingerprint density at radius 2 is 2.00 bits per heavy atom. The highest BCUT2D eigenvalue weighted by Gasteiger charge is 2.39. The van der Waals surface area contributed by atoms with Gasteiger partial charge in [-0.2, -0.15) is 0 Å². The van der Waals surface area contributed by atoms with Gasteiger partial charge < -0.3 is 10.4 Å². The van der Waals surface area contributed by atoms with Gasteiger partial charge in [0, 0.05) is 12.5 Å². The van der Waals surface area contributed by atoms with Crippen molar-refractivity contribution in [3.63, 3.8) is 0 Å². The molecule has 1 amide bonds. The molecule has 1 fully saturated rings. The maximum atomic E-state index is 12.7. The van der Waals surface area contributed by atoms with Crippen LogP contribution in [0.3, 0.4) is 0 Å². The van der Waals surface area contributed by atoms with Crippen LogP contribution in [0.25, 0.3) is 0 Å². The van der Waals surface area contributed by atoms with Gasteiger partial charge in [-0.05, 0) is 43.1 Å². The zero-order valence-electron chi connectivity index (χ0n) is 14.5. The van der Waals surface area contributed by atoms with Crippen LogP contribution in [0, 0.1) is 17.3 Å². The minimum Gasteiger partial charge on any atom is -0.387 e. The summed E-state index contributed by atoms with van der Waals surface area (Å²) in [6.45, 7) is 10.8. The van der Waals surface area contributed by atoms with E-state index >= 15 is 0 Å². The molecule has 1 aliphatic rings. The first-order chi connectivity index (χ1) is 10.8. The molecule has 3 nitrogen and oxygen atoms in total. The second-order valence-electron chi connectivity index (χ2n) is 7.64. The van der Waals surface area contributed by atoms with Gasteiger partial charge in [0.15, 0.2) is 0 Å².